The molecule has 2 heterocycles. The molecule has 1 aliphatic rings. The van der Waals surface area contributed by atoms with Gasteiger partial charge in [0.25, 0.3) is 5.91 Å². The number of unbranched alkanes of at least 4 members (excludes halogenated alkanes) is 2. The van der Waals surface area contributed by atoms with Crippen molar-refractivity contribution in [1.82, 2.24) is 15.1 Å². The first-order valence-corrected chi connectivity index (χ1v) is 13.0. The van der Waals surface area contributed by atoms with Gasteiger partial charge in [-0.05, 0) is 55.5 Å². The predicted molar refractivity (Wildman–Crippen MR) is 135 cm³/mol. The molecular weight excluding hydrogens is 500 g/mol. The van der Waals surface area contributed by atoms with Crippen LogP contribution in [0.5, 0.6) is 0 Å². The molecule has 3 aromatic rings. The molecule has 0 spiro atoms. The molecule has 0 radical (unpaired) electrons. The molecule has 1 fully saturated rings. The van der Waals surface area contributed by atoms with Crippen LogP contribution in [0.1, 0.15) is 54.9 Å². The second-order valence-electron chi connectivity index (χ2n) is 8.22. The first-order valence-electron chi connectivity index (χ1n) is 11.4. The Bertz CT molecular complexity index is 1100. The van der Waals surface area contributed by atoms with E-state index in [1.807, 2.05) is 48.5 Å². The molecule has 1 aromatic heterocycles. The van der Waals surface area contributed by atoms with Crippen LogP contribution in [0, 0.1) is 0 Å². The van der Waals surface area contributed by atoms with Gasteiger partial charge in [0, 0.05) is 22.1 Å². The van der Waals surface area contributed by atoms with Crippen molar-refractivity contribution in [3.8, 4) is 10.6 Å². The van der Waals surface area contributed by atoms with Crippen molar-refractivity contribution in [3.63, 3.8) is 0 Å². The van der Waals surface area contributed by atoms with Gasteiger partial charge in [-0.1, -0.05) is 71.3 Å². The summed E-state index contributed by atoms with van der Waals surface area (Å²) in [4.78, 5) is 27.8. The quantitative estimate of drug-likeness (QED) is 0.368. The van der Waals surface area contributed by atoms with E-state index in [4.69, 9.17) is 0 Å². The Labute approximate surface area is 206 Å². The number of rotatable bonds is 8. The Morgan fingerprint density at radius 1 is 1.09 bits per heavy atom. The summed E-state index contributed by atoms with van der Waals surface area (Å²) in [5, 5.41) is 12.3. The lowest BCUT2D eigenvalue weighted by Crippen LogP contribution is -2.43. The first-order chi connectivity index (χ1) is 16.0. The van der Waals surface area contributed by atoms with E-state index in [1.165, 1.54) is 29.7 Å². The minimum absolute atomic E-state index is 0.0967. The van der Waals surface area contributed by atoms with Gasteiger partial charge in [-0.3, -0.25) is 14.9 Å². The van der Waals surface area contributed by atoms with Crippen LogP contribution in [0.15, 0.2) is 53.0 Å². The van der Waals surface area contributed by atoms with Gasteiger partial charge >= 0.3 is 0 Å². The van der Waals surface area contributed by atoms with Crippen LogP contribution in [0.4, 0.5) is 5.13 Å². The van der Waals surface area contributed by atoms with Gasteiger partial charge in [0.1, 0.15) is 11.0 Å². The molecule has 1 atom stereocenters. The Hall–Kier alpha value is -2.58. The van der Waals surface area contributed by atoms with Gasteiger partial charge in [-0.2, -0.15) is 0 Å². The fraction of sp³-hybridized carbons (Fsp3) is 0.360. The number of hydrogen-bond donors (Lipinski definition) is 1. The van der Waals surface area contributed by atoms with E-state index in [0.29, 0.717) is 23.7 Å². The minimum atomic E-state index is -0.498. The number of benzene rings is 2. The molecule has 4 rings (SSSR count). The highest BCUT2D eigenvalue weighted by atomic mass is 79.9. The van der Waals surface area contributed by atoms with E-state index < -0.39 is 6.04 Å². The standard InChI is InChI=1S/C25H27BrN4O2S/c1-2-3-4-6-17-8-10-19(11-9-17)24(32)30-16-5-7-21(30)22(31)27-25-29-28-23(33-25)18-12-14-20(26)15-13-18/h8-15,21H,2-7,16H2,1H3,(H,27,29,31). The lowest BCUT2D eigenvalue weighted by Gasteiger charge is -2.23. The second kappa shape index (κ2) is 11.0. The molecule has 0 aliphatic carbocycles. The molecule has 1 unspecified atom stereocenters. The van der Waals surface area contributed by atoms with Crippen LogP contribution in [-0.2, 0) is 11.2 Å². The van der Waals surface area contributed by atoms with Crippen molar-refractivity contribution in [2.24, 2.45) is 0 Å². The molecule has 172 valence electrons. The number of aryl methyl sites for hydroxylation is 1. The molecule has 8 heteroatoms. The molecule has 2 aromatic carbocycles. The smallest absolute Gasteiger partial charge is 0.254 e. The molecule has 2 amide bonds. The van der Waals surface area contributed by atoms with Crippen molar-refractivity contribution in [1.29, 1.82) is 0 Å². The average Bonchev–Trinajstić information content (AvgIpc) is 3.50. The number of hydrogen-bond acceptors (Lipinski definition) is 5. The van der Waals surface area contributed by atoms with Gasteiger partial charge in [0.2, 0.25) is 11.0 Å². The molecule has 6 nitrogen and oxygen atoms in total. The number of aromatic nitrogens is 2. The molecule has 1 N–H and O–H groups in total. The van der Waals surface area contributed by atoms with Gasteiger partial charge in [-0.15, -0.1) is 10.2 Å². The van der Waals surface area contributed by atoms with Gasteiger partial charge in [-0.25, -0.2) is 0 Å². The normalized spacial score (nSPS) is 15.6. The van der Waals surface area contributed by atoms with Crippen molar-refractivity contribution in [2.45, 2.75) is 51.5 Å². The Morgan fingerprint density at radius 2 is 1.85 bits per heavy atom. The predicted octanol–water partition coefficient (Wildman–Crippen LogP) is 5.94. The van der Waals surface area contributed by atoms with Crippen LogP contribution in [0.25, 0.3) is 10.6 Å². The average molecular weight is 527 g/mol. The summed E-state index contributed by atoms with van der Waals surface area (Å²) in [6, 6.07) is 15.1. The summed E-state index contributed by atoms with van der Waals surface area (Å²) in [6.45, 7) is 2.77. The van der Waals surface area contributed by atoms with Gasteiger partial charge in [0.05, 0.1) is 0 Å². The van der Waals surface area contributed by atoms with Gasteiger partial charge < -0.3 is 4.90 Å². The van der Waals surface area contributed by atoms with Crippen LogP contribution in [-0.4, -0.2) is 39.5 Å². The summed E-state index contributed by atoms with van der Waals surface area (Å²) in [7, 11) is 0. The van der Waals surface area contributed by atoms with E-state index in [-0.39, 0.29) is 11.8 Å². The highest BCUT2D eigenvalue weighted by Gasteiger charge is 2.35. The monoisotopic (exact) mass is 526 g/mol. The zero-order valence-electron chi connectivity index (χ0n) is 18.6. The SMILES string of the molecule is CCCCCc1ccc(C(=O)N2CCCC2C(=O)Nc2nnc(-c3ccc(Br)cc3)s2)cc1. The van der Waals surface area contributed by atoms with E-state index in [2.05, 4.69) is 38.4 Å². The fourth-order valence-corrected chi connectivity index (χ4v) is 5.03. The van der Waals surface area contributed by atoms with E-state index in [1.54, 1.807) is 4.90 Å². The van der Waals surface area contributed by atoms with Crippen molar-refractivity contribution in [2.75, 3.05) is 11.9 Å². The van der Waals surface area contributed by atoms with E-state index >= 15 is 0 Å². The summed E-state index contributed by atoms with van der Waals surface area (Å²) < 4.78 is 0.987. The third kappa shape index (κ3) is 5.86. The lowest BCUT2D eigenvalue weighted by atomic mass is 10.0. The number of anilines is 1. The topological polar surface area (TPSA) is 75.2 Å². The molecule has 0 bridgehead atoms. The molecule has 1 aliphatic heterocycles. The number of carbonyl (C=O) groups excluding carboxylic acids is 2. The molecule has 1 saturated heterocycles. The largest absolute Gasteiger partial charge is 0.327 e. The maximum absolute atomic E-state index is 13.1. The van der Waals surface area contributed by atoms with E-state index in [9.17, 15) is 9.59 Å². The molecular formula is C25H27BrN4O2S. The summed E-state index contributed by atoms with van der Waals surface area (Å²) in [5.74, 6) is -0.309. The maximum atomic E-state index is 13.1. The van der Waals surface area contributed by atoms with Crippen molar-refractivity contribution < 1.29 is 9.59 Å². The molecule has 0 saturated carbocycles. The molecule has 33 heavy (non-hydrogen) atoms. The Balaban J connectivity index is 1.39. The van der Waals surface area contributed by atoms with Gasteiger partial charge in [0.15, 0.2) is 0 Å². The number of nitrogens with one attached hydrogen (secondary N) is 1. The highest BCUT2D eigenvalue weighted by molar-refractivity contribution is 9.10. The minimum Gasteiger partial charge on any atom is -0.327 e. The zero-order chi connectivity index (χ0) is 23.2. The summed E-state index contributed by atoms with van der Waals surface area (Å²) >= 11 is 4.74. The Morgan fingerprint density at radius 3 is 2.58 bits per heavy atom. The second-order valence-corrected chi connectivity index (χ2v) is 10.1. The summed E-state index contributed by atoms with van der Waals surface area (Å²) in [5.41, 5.74) is 2.81. The number of likely N-dealkylation sites (tertiary alicyclic amines) is 1. The Kier molecular flexibility index (Phi) is 7.88. The number of nitrogens with zero attached hydrogens (tertiary/aromatic N) is 3. The van der Waals surface area contributed by atoms with Crippen molar-refractivity contribution in [3.05, 3.63) is 64.1 Å². The number of carbonyl (C=O) groups is 2. The maximum Gasteiger partial charge on any atom is 0.254 e. The van der Waals surface area contributed by atoms with E-state index in [0.717, 1.165) is 34.3 Å². The first kappa shape index (κ1) is 23.6. The number of amides is 2. The number of halogens is 1. The third-order valence-corrected chi connectivity index (χ3v) is 7.25. The van der Waals surface area contributed by atoms with Crippen LogP contribution < -0.4 is 5.32 Å². The highest BCUT2D eigenvalue weighted by Crippen LogP contribution is 2.28. The van der Waals surface area contributed by atoms with Crippen LogP contribution >= 0.6 is 27.3 Å². The fourth-order valence-electron chi connectivity index (χ4n) is 4.01. The van der Waals surface area contributed by atoms with Crippen LogP contribution in [0.3, 0.4) is 0 Å². The van der Waals surface area contributed by atoms with Crippen molar-refractivity contribution >= 4 is 44.2 Å². The lowest BCUT2D eigenvalue weighted by molar-refractivity contribution is -0.119. The zero-order valence-corrected chi connectivity index (χ0v) is 21.0. The van der Waals surface area contributed by atoms with Crippen LogP contribution in [0.2, 0.25) is 0 Å². The summed E-state index contributed by atoms with van der Waals surface area (Å²) in [6.07, 6.45) is 6.04. The third-order valence-electron chi connectivity index (χ3n) is 5.83.